The summed E-state index contributed by atoms with van der Waals surface area (Å²) in [6.07, 6.45) is 5.02. The second-order valence-electron chi connectivity index (χ2n) is 3.15. The Kier molecular flexibility index (Phi) is 7.47. The average Bonchev–Trinajstić information content (AvgIpc) is 2.05. The molecule has 0 aliphatic heterocycles. The first-order chi connectivity index (χ1) is 5.72. The third kappa shape index (κ3) is 5.53. The fourth-order valence-corrected chi connectivity index (χ4v) is 1.34. The topological polar surface area (TPSA) is 9.23 Å². The van der Waals surface area contributed by atoms with Gasteiger partial charge in [-0.2, -0.15) is 0 Å². The average molecular weight is 188 g/mol. The SMILES string of the molecule is CCCCCC(C)C(=S)OCC. The zero-order chi connectivity index (χ0) is 9.40. The maximum Gasteiger partial charge on any atom is 0.162 e. The molecule has 1 nitrogen and oxygen atoms in total. The molecule has 1 unspecified atom stereocenters. The molecule has 0 N–H and O–H groups in total. The highest BCUT2D eigenvalue weighted by Gasteiger charge is 2.08. The van der Waals surface area contributed by atoms with E-state index in [0.717, 1.165) is 5.05 Å². The van der Waals surface area contributed by atoms with E-state index < -0.39 is 0 Å². The number of ether oxygens (including phenoxy) is 1. The van der Waals surface area contributed by atoms with Gasteiger partial charge in [0.2, 0.25) is 0 Å². The number of hydrogen-bond donors (Lipinski definition) is 0. The Hall–Kier alpha value is -0.110. The van der Waals surface area contributed by atoms with Crippen molar-refractivity contribution in [1.82, 2.24) is 0 Å². The molecule has 0 amide bonds. The first-order valence-electron chi connectivity index (χ1n) is 4.89. The van der Waals surface area contributed by atoms with E-state index in [1.54, 1.807) is 0 Å². The van der Waals surface area contributed by atoms with Crippen molar-refractivity contribution in [2.75, 3.05) is 6.61 Å². The molecule has 72 valence electrons. The van der Waals surface area contributed by atoms with Crippen LogP contribution in [0, 0.1) is 5.92 Å². The van der Waals surface area contributed by atoms with Crippen LogP contribution in [0.3, 0.4) is 0 Å². The predicted molar refractivity (Wildman–Crippen MR) is 57.5 cm³/mol. The lowest BCUT2D eigenvalue weighted by Crippen LogP contribution is -2.12. The summed E-state index contributed by atoms with van der Waals surface area (Å²) in [5, 5.41) is 0.786. The van der Waals surface area contributed by atoms with Gasteiger partial charge in [-0.05, 0) is 25.6 Å². The fourth-order valence-electron chi connectivity index (χ4n) is 1.10. The number of hydrogen-bond acceptors (Lipinski definition) is 2. The van der Waals surface area contributed by atoms with E-state index in [4.69, 9.17) is 17.0 Å². The van der Waals surface area contributed by atoms with Gasteiger partial charge in [-0.15, -0.1) is 0 Å². The molecule has 0 fully saturated rings. The first kappa shape index (κ1) is 11.9. The highest BCUT2D eigenvalue weighted by molar-refractivity contribution is 7.80. The van der Waals surface area contributed by atoms with Gasteiger partial charge >= 0.3 is 0 Å². The molecule has 0 aromatic heterocycles. The van der Waals surface area contributed by atoms with Crippen LogP contribution >= 0.6 is 12.2 Å². The van der Waals surface area contributed by atoms with Crippen LogP contribution in [0.1, 0.15) is 46.5 Å². The quantitative estimate of drug-likeness (QED) is 0.465. The van der Waals surface area contributed by atoms with Crippen molar-refractivity contribution in [1.29, 1.82) is 0 Å². The molecular formula is C10H20OS. The fraction of sp³-hybridized carbons (Fsp3) is 0.900. The zero-order valence-electron chi connectivity index (χ0n) is 8.43. The van der Waals surface area contributed by atoms with E-state index in [1.165, 1.54) is 25.7 Å². The number of thiocarbonyl (C=S) groups is 1. The standard InChI is InChI=1S/C10H20OS/c1-4-6-7-8-9(3)10(12)11-5-2/h9H,4-8H2,1-3H3. The minimum atomic E-state index is 0.450. The van der Waals surface area contributed by atoms with Crippen LogP contribution in [-0.4, -0.2) is 11.7 Å². The van der Waals surface area contributed by atoms with E-state index >= 15 is 0 Å². The molecular weight excluding hydrogens is 168 g/mol. The van der Waals surface area contributed by atoms with Gasteiger partial charge in [-0.3, -0.25) is 0 Å². The van der Waals surface area contributed by atoms with Gasteiger partial charge in [0.1, 0.15) is 0 Å². The predicted octanol–water partition coefficient (Wildman–Crippen LogP) is 3.57. The maximum absolute atomic E-state index is 5.27. The third-order valence-electron chi connectivity index (χ3n) is 1.93. The van der Waals surface area contributed by atoms with Crippen LogP contribution in [0.15, 0.2) is 0 Å². The van der Waals surface area contributed by atoms with Crippen LogP contribution in [0.4, 0.5) is 0 Å². The lowest BCUT2D eigenvalue weighted by atomic mass is 10.0. The van der Waals surface area contributed by atoms with Gasteiger partial charge in [0.25, 0.3) is 0 Å². The third-order valence-corrected chi connectivity index (χ3v) is 2.45. The smallest absolute Gasteiger partial charge is 0.162 e. The highest BCUT2D eigenvalue weighted by atomic mass is 32.1. The molecule has 0 spiro atoms. The monoisotopic (exact) mass is 188 g/mol. The molecule has 0 bridgehead atoms. The molecule has 0 saturated carbocycles. The van der Waals surface area contributed by atoms with E-state index in [2.05, 4.69) is 13.8 Å². The summed E-state index contributed by atoms with van der Waals surface area (Å²) in [6.45, 7) is 7.04. The Bertz CT molecular complexity index is 123. The summed E-state index contributed by atoms with van der Waals surface area (Å²) >= 11 is 5.10. The number of rotatable bonds is 6. The minimum Gasteiger partial charge on any atom is -0.487 e. The Morgan fingerprint density at radius 1 is 1.33 bits per heavy atom. The highest BCUT2D eigenvalue weighted by Crippen LogP contribution is 2.11. The van der Waals surface area contributed by atoms with E-state index in [1.807, 2.05) is 6.92 Å². The summed E-state index contributed by atoms with van der Waals surface area (Å²) < 4.78 is 5.27. The van der Waals surface area contributed by atoms with Crippen molar-refractivity contribution >= 4 is 17.3 Å². The van der Waals surface area contributed by atoms with Gasteiger partial charge < -0.3 is 4.74 Å². The molecule has 0 aromatic carbocycles. The lowest BCUT2D eigenvalue weighted by Gasteiger charge is -2.12. The molecule has 0 aromatic rings. The van der Waals surface area contributed by atoms with E-state index in [0.29, 0.717) is 12.5 Å². The van der Waals surface area contributed by atoms with Gasteiger partial charge in [-0.1, -0.05) is 33.1 Å². The molecule has 0 aliphatic carbocycles. The van der Waals surface area contributed by atoms with Crippen LogP contribution in [-0.2, 0) is 4.74 Å². The normalized spacial score (nSPS) is 12.6. The molecule has 12 heavy (non-hydrogen) atoms. The Balaban J connectivity index is 3.42. The van der Waals surface area contributed by atoms with Crippen molar-refractivity contribution in [3.8, 4) is 0 Å². The summed E-state index contributed by atoms with van der Waals surface area (Å²) in [4.78, 5) is 0. The Morgan fingerprint density at radius 2 is 2.00 bits per heavy atom. The van der Waals surface area contributed by atoms with Crippen LogP contribution < -0.4 is 0 Å². The van der Waals surface area contributed by atoms with Gasteiger partial charge in [0.05, 0.1) is 6.61 Å². The van der Waals surface area contributed by atoms with E-state index in [9.17, 15) is 0 Å². The van der Waals surface area contributed by atoms with Gasteiger partial charge in [0.15, 0.2) is 5.05 Å². The van der Waals surface area contributed by atoms with Crippen molar-refractivity contribution < 1.29 is 4.74 Å². The Labute approximate surface area is 81.5 Å². The second kappa shape index (κ2) is 7.53. The molecule has 0 rings (SSSR count). The van der Waals surface area contributed by atoms with Gasteiger partial charge in [-0.25, -0.2) is 0 Å². The largest absolute Gasteiger partial charge is 0.487 e. The molecule has 2 heteroatoms. The summed E-state index contributed by atoms with van der Waals surface area (Å²) in [5.41, 5.74) is 0. The summed E-state index contributed by atoms with van der Waals surface area (Å²) in [6, 6.07) is 0. The van der Waals surface area contributed by atoms with Crippen LogP contribution in [0.5, 0.6) is 0 Å². The van der Waals surface area contributed by atoms with Crippen molar-refractivity contribution in [3.63, 3.8) is 0 Å². The molecule has 0 aliphatic rings. The second-order valence-corrected chi connectivity index (χ2v) is 3.55. The zero-order valence-corrected chi connectivity index (χ0v) is 9.25. The molecule has 1 atom stereocenters. The van der Waals surface area contributed by atoms with E-state index in [-0.39, 0.29) is 0 Å². The van der Waals surface area contributed by atoms with Crippen molar-refractivity contribution in [2.24, 2.45) is 5.92 Å². The summed E-state index contributed by atoms with van der Waals surface area (Å²) in [5.74, 6) is 0.450. The number of unbranched alkanes of at least 4 members (excludes halogenated alkanes) is 2. The van der Waals surface area contributed by atoms with Crippen LogP contribution in [0.25, 0.3) is 0 Å². The maximum atomic E-state index is 5.27. The molecule has 0 radical (unpaired) electrons. The Morgan fingerprint density at radius 3 is 2.50 bits per heavy atom. The van der Waals surface area contributed by atoms with Crippen molar-refractivity contribution in [2.45, 2.75) is 46.5 Å². The van der Waals surface area contributed by atoms with Gasteiger partial charge in [0, 0.05) is 5.92 Å². The molecule has 0 saturated heterocycles. The first-order valence-corrected chi connectivity index (χ1v) is 5.29. The minimum absolute atomic E-state index is 0.450. The molecule has 0 heterocycles. The van der Waals surface area contributed by atoms with Crippen molar-refractivity contribution in [3.05, 3.63) is 0 Å². The lowest BCUT2D eigenvalue weighted by molar-refractivity contribution is 0.309. The summed E-state index contributed by atoms with van der Waals surface area (Å²) in [7, 11) is 0. The van der Waals surface area contributed by atoms with Crippen LogP contribution in [0.2, 0.25) is 0 Å².